The molecule has 0 radical (unpaired) electrons. The Hall–Kier alpha value is -0.680. The second-order valence-corrected chi connectivity index (χ2v) is 6.66. The summed E-state index contributed by atoms with van der Waals surface area (Å²) in [6.45, 7) is 7.18. The Morgan fingerprint density at radius 2 is 1.95 bits per heavy atom. The Labute approximate surface area is 136 Å². The summed E-state index contributed by atoms with van der Waals surface area (Å²) in [5.74, 6) is 2.47. The molecular weight excluding hydrogens is 330 g/mol. The summed E-state index contributed by atoms with van der Waals surface area (Å²) >= 11 is 3.60. The molecule has 0 aromatic carbocycles. The molecule has 4 nitrogen and oxygen atoms in total. The first-order valence-electron chi connectivity index (χ1n) is 7.94. The fourth-order valence-corrected chi connectivity index (χ4v) is 3.69. The zero-order valence-electron chi connectivity index (χ0n) is 13.5. The highest BCUT2D eigenvalue weighted by molar-refractivity contribution is 9.10. The minimum atomic E-state index is -0.308. The number of hydrogen-bond acceptors (Lipinski definition) is 4. The van der Waals surface area contributed by atoms with Crippen molar-refractivity contribution in [3.05, 3.63) is 16.0 Å². The Bertz CT molecular complexity index is 459. The average molecular weight is 356 g/mol. The van der Waals surface area contributed by atoms with Crippen LogP contribution in [-0.4, -0.2) is 23.6 Å². The summed E-state index contributed by atoms with van der Waals surface area (Å²) in [7, 11) is 1.90. The topological polar surface area (TPSA) is 47.0 Å². The molecule has 0 saturated heterocycles. The predicted molar refractivity (Wildman–Crippen MR) is 89.6 cm³/mol. The van der Waals surface area contributed by atoms with Gasteiger partial charge in [-0.25, -0.2) is 9.97 Å². The number of nitrogens with zero attached hydrogens (tertiary/aromatic N) is 2. The molecule has 1 aromatic heterocycles. The van der Waals surface area contributed by atoms with Gasteiger partial charge in [-0.05, 0) is 60.9 Å². The van der Waals surface area contributed by atoms with Crippen LogP contribution in [0.15, 0.2) is 4.47 Å². The summed E-state index contributed by atoms with van der Waals surface area (Å²) in [6, 6.07) is 0. The molecule has 2 rings (SSSR count). The van der Waals surface area contributed by atoms with Gasteiger partial charge in [-0.15, -0.1) is 0 Å². The molecule has 1 N–H and O–H groups in total. The van der Waals surface area contributed by atoms with Gasteiger partial charge in [0.1, 0.15) is 11.4 Å². The van der Waals surface area contributed by atoms with Crippen LogP contribution in [-0.2, 0) is 16.8 Å². The van der Waals surface area contributed by atoms with E-state index in [1.807, 2.05) is 7.05 Å². The molecule has 1 aliphatic carbocycles. The van der Waals surface area contributed by atoms with Crippen LogP contribution in [0.3, 0.4) is 0 Å². The van der Waals surface area contributed by atoms with E-state index < -0.39 is 0 Å². The predicted octanol–water partition coefficient (Wildman–Crippen LogP) is 4.29. The highest BCUT2D eigenvalue weighted by atomic mass is 79.9. The SMILES string of the molecule is CCOC1(c2nc(CC)c(Br)c(NC)n2)CCC(C)CC1. The molecule has 0 amide bonds. The molecule has 0 bridgehead atoms. The van der Waals surface area contributed by atoms with Crippen molar-refractivity contribution in [2.24, 2.45) is 5.92 Å². The maximum absolute atomic E-state index is 6.18. The van der Waals surface area contributed by atoms with Gasteiger partial charge < -0.3 is 10.1 Å². The Morgan fingerprint density at radius 1 is 1.29 bits per heavy atom. The second-order valence-electron chi connectivity index (χ2n) is 5.87. The zero-order valence-corrected chi connectivity index (χ0v) is 15.1. The van der Waals surface area contributed by atoms with Gasteiger partial charge in [0.05, 0.1) is 10.2 Å². The van der Waals surface area contributed by atoms with Gasteiger partial charge in [0.15, 0.2) is 5.82 Å². The van der Waals surface area contributed by atoms with Crippen molar-refractivity contribution in [1.82, 2.24) is 9.97 Å². The van der Waals surface area contributed by atoms with Gasteiger partial charge in [0, 0.05) is 13.7 Å². The number of anilines is 1. The summed E-state index contributed by atoms with van der Waals surface area (Å²) < 4.78 is 7.14. The molecule has 1 aromatic rings. The van der Waals surface area contributed by atoms with E-state index in [1.54, 1.807) is 0 Å². The largest absolute Gasteiger partial charge is 0.372 e. The van der Waals surface area contributed by atoms with Crippen molar-refractivity contribution < 1.29 is 4.74 Å². The van der Waals surface area contributed by atoms with Crippen molar-refractivity contribution in [2.45, 2.75) is 58.5 Å². The first-order chi connectivity index (χ1) is 10.1. The van der Waals surface area contributed by atoms with Crippen LogP contribution in [0.2, 0.25) is 0 Å². The lowest BCUT2D eigenvalue weighted by molar-refractivity contribution is -0.0837. The van der Waals surface area contributed by atoms with Crippen LogP contribution in [0.4, 0.5) is 5.82 Å². The number of halogens is 1. The van der Waals surface area contributed by atoms with Crippen molar-refractivity contribution >= 4 is 21.7 Å². The number of ether oxygens (including phenoxy) is 1. The van der Waals surface area contributed by atoms with E-state index in [4.69, 9.17) is 14.7 Å². The summed E-state index contributed by atoms with van der Waals surface area (Å²) in [4.78, 5) is 9.56. The monoisotopic (exact) mass is 355 g/mol. The Kier molecular flexibility index (Phi) is 5.60. The van der Waals surface area contributed by atoms with E-state index in [2.05, 4.69) is 42.0 Å². The molecule has 118 valence electrons. The van der Waals surface area contributed by atoms with Gasteiger partial charge >= 0.3 is 0 Å². The van der Waals surface area contributed by atoms with Gasteiger partial charge in [-0.2, -0.15) is 0 Å². The van der Waals surface area contributed by atoms with Crippen molar-refractivity contribution in [2.75, 3.05) is 19.0 Å². The minimum absolute atomic E-state index is 0.308. The number of hydrogen-bond donors (Lipinski definition) is 1. The second kappa shape index (κ2) is 7.05. The van der Waals surface area contributed by atoms with Crippen LogP contribution < -0.4 is 5.32 Å². The molecule has 0 atom stereocenters. The first-order valence-corrected chi connectivity index (χ1v) is 8.74. The maximum Gasteiger partial charge on any atom is 0.162 e. The minimum Gasteiger partial charge on any atom is -0.372 e. The molecule has 1 saturated carbocycles. The van der Waals surface area contributed by atoms with Gasteiger partial charge in [0.2, 0.25) is 0 Å². The average Bonchev–Trinajstić information content (AvgIpc) is 2.50. The zero-order chi connectivity index (χ0) is 15.5. The van der Waals surface area contributed by atoms with E-state index in [9.17, 15) is 0 Å². The first kappa shape index (κ1) is 16.7. The van der Waals surface area contributed by atoms with Crippen LogP contribution in [0, 0.1) is 5.92 Å². The van der Waals surface area contributed by atoms with E-state index in [0.717, 1.165) is 47.0 Å². The lowest BCUT2D eigenvalue weighted by Crippen LogP contribution is -2.36. The third-order valence-corrected chi connectivity index (χ3v) is 5.23. The number of aryl methyl sites for hydroxylation is 1. The molecule has 1 aliphatic rings. The molecule has 21 heavy (non-hydrogen) atoms. The number of nitrogens with one attached hydrogen (secondary N) is 1. The van der Waals surface area contributed by atoms with Crippen molar-refractivity contribution in [1.29, 1.82) is 0 Å². The fraction of sp³-hybridized carbons (Fsp3) is 0.750. The lowest BCUT2D eigenvalue weighted by Gasteiger charge is -2.38. The number of aromatic nitrogens is 2. The smallest absolute Gasteiger partial charge is 0.162 e. The van der Waals surface area contributed by atoms with Crippen LogP contribution in [0.5, 0.6) is 0 Å². The van der Waals surface area contributed by atoms with E-state index in [0.29, 0.717) is 6.61 Å². The molecular formula is C16H26BrN3O. The molecule has 0 unspecified atom stereocenters. The Morgan fingerprint density at radius 3 is 2.48 bits per heavy atom. The normalized spacial score (nSPS) is 25.9. The molecule has 5 heteroatoms. The van der Waals surface area contributed by atoms with Gasteiger partial charge in [0.25, 0.3) is 0 Å². The van der Waals surface area contributed by atoms with E-state index in [1.165, 1.54) is 12.8 Å². The van der Waals surface area contributed by atoms with E-state index >= 15 is 0 Å². The maximum atomic E-state index is 6.18. The molecule has 1 fully saturated rings. The van der Waals surface area contributed by atoms with Crippen LogP contribution >= 0.6 is 15.9 Å². The van der Waals surface area contributed by atoms with Crippen molar-refractivity contribution in [3.63, 3.8) is 0 Å². The Balaban J connectivity index is 2.45. The third-order valence-electron chi connectivity index (χ3n) is 4.40. The highest BCUT2D eigenvalue weighted by Gasteiger charge is 2.40. The van der Waals surface area contributed by atoms with Gasteiger partial charge in [-0.1, -0.05) is 13.8 Å². The van der Waals surface area contributed by atoms with Crippen molar-refractivity contribution in [3.8, 4) is 0 Å². The standard InChI is InChI=1S/C16H26BrN3O/c1-5-12-13(17)14(18-4)20-15(19-12)16(21-6-2)9-7-11(3)8-10-16/h11H,5-10H2,1-4H3,(H,18,19,20). The lowest BCUT2D eigenvalue weighted by atomic mass is 9.78. The fourth-order valence-electron chi connectivity index (χ4n) is 3.03. The molecule has 0 aliphatic heterocycles. The number of rotatable bonds is 5. The van der Waals surface area contributed by atoms with Gasteiger partial charge in [-0.3, -0.25) is 0 Å². The van der Waals surface area contributed by atoms with Crippen LogP contribution in [0.25, 0.3) is 0 Å². The van der Waals surface area contributed by atoms with Crippen LogP contribution in [0.1, 0.15) is 58.0 Å². The quantitative estimate of drug-likeness (QED) is 0.855. The third kappa shape index (κ3) is 3.39. The molecule has 1 heterocycles. The highest BCUT2D eigenvalue weighted by Crippen LogP contribution is 2.42. The molecule has 0 spiro atoms. The summed E-state index contributed by atoms with van der Waals surface area (Å²) in [6.07, 6.45) is 5.25. The summed E-state index contributed by atoms with van der Waals surface area (Å²) in [5.41, 5.74) is 0.736. The summed E-state index contributed by atoms with van der Waals surface area (Å²) in [5, 5.41) is 3.16. The van der Waals surface area contributed by atoms with E-state index in [-0.39, 0.29) is 5.60 Å².